The van der Waals surface area contributed by atoms with Crippen LogP contribution in [0.1, 0.15) is 10.4 Å². The van der Waals surface area contributed by atoms with E-state index in [0.717, 1.165) is 10.5 Å². The van der Waals surface area contributed by atoms with Crippen LogP contribution in [0, 0.1) is 0 Å². The van der Waals surface area contributed by atoms with Crippen LogP contribution in [-0.2, 0) is 19.6 Å². The Morgan fingerprint density at radius 3 is 2.37 bits per heavy atom. The van der Waals surface area contributed by atoms with E-state index in [0.29, 0.717) is 5.69 Å². The first-order chi connectivity index (χ1) is 12.6. The quantitative estimate of drug-likeness (QED) is 0.648. The smallest absolute Gasteiger partial charge is 0.340 e. The molecule has 2 rings (SSSR count). The summed E-state index contributed by atoms with van der Waals surface area (Å²) in [6, 6.07) is 10.2. The molecule has 0 heterocycles. The largest absolute Gasteiger partial charge is 0.452 e. The topological polar surface area (TPSA) is 92.8 Å². The molecule has 0 bridgehead atoms. The number of hydrogen-bond acceptors (Lipinski definition) is 5. The summed E-state index contributed by atoms with van der Waals surface area (Å²) < 4.78 is 33.2. The zero-order valence-corrected chi connectivity index (χ0v) is 17.6. The summed E-state index contributed by atoms with van der Waals surface area (Å²) in [5.41, 5.74) is 0.204. The highest BCUT2D eigenvalue weighted by Gasteiger charge is 2.20. The normalized spacial score (nSPS) is 11.0. The first kappa shape index (κ1) is 21.2. The average molecular weight is 476 g/mol. The van der Waals surface area contributed by atoms with Gasteiger partial charge in [0.15, 0.2) is 6.61 Å². The third-order valence-electron chi connectivity index (χ3n) is 3.39. The van der Waals surface area contributed by atoms with E-state index in [2.05, 4.69) is 20.7 Å². The van der Waals surface area contributed by atoms with Crippen molar-refractivity contribution in [3.8, 4) is 0 Å². The molecule has 1 N–H and O–H groups in total. The molecule has 10 heteroatoms. The minimum atomic E-state index is -3.95. The van der Waals surface area contributed by atoms with Crippen molar-refractivity contribution in [2.45, 2.75) is 4.90 Å². The van der Waals surface area contributed by atoms with Gasteiger partial charge in [-0.15, -0.1) is 0 Å². The SMILES string of the molecule is CN(C)C(=O)COC(=O)c1cc(S(=O)(=O)Nc2ccc(Br)cc2)ccc1Cl. The van der Waals surface area contributed by atoms with Crippen LogP contribution < -0.4 is 4.72 Å². The van der Waals surface area contributed by atoms with Crippen LogP contribution in [0.3, 0.4) is 0 Å². The number of carbonyl (C=O) groups is 2. The van der Waals surface area contributed by atoms with Gasteiger partial charge in [0.1, 0.15) is 0 Å². The molecule has 27 heavy (non-hydrogen) atoms. The molecule has 0 saturated carbocycles. The van der Waals surface area contributed by atoms with Gasteiger partial charge in [-0.2, -0.15) is 0 Å². The molecule has 0 aromatic heterocycles. The van der Waals surface area contributed by atoms with E-state index < -0.39 is 28.5 Å². The average Bonchev–Trinajstić information content (AvgIpc) is 2.61. The third kappa shape index (κ3) is 5.69. The molecule has 7 nitrogen and oxygen atoms in total. The van der Waals surface area contributed by atoms with Gasteiger partial charge in [-0.1, -0.05) is 27.5 Å². The number of carbonyl (C=O) groups excluding carboxylic acids is 2. The predicted molar refractivity (Wildman–Crippen MR) is 105 cm³/mol. The molecule has 0 spiro atoms. The Labute approximate surface area is 170 Å². The number of nitrogens with zero attached hydrogens (tertiary/aromatic N) is 1. The lowest BCUT2D eigenvalue weighted by atomic mass is 10.2. The number of anilines is 1. The number of esters is 1. The van der Waals surface area contributed by atoms with E-state index in [9.17, 15) is 18.0 Å². The van der Waals surface area contributed by atoms with Gasteiger partial charge in [0.05, 0.1) is 15.5 Å². The highest BCUT2D eigenvalue weighted by atomic mass is 79.9. The Morgan fingerprint density at radius 1 is 1.15 bits per heavy atom. The highest BCUT2D eigenvalue weighted by Crippen LogP contribution is 2.24. The zero-order chi connectivity index (χ0) is 20.2. The van der Waals surface area contributed by atoms with Crippen LogP contribution in [0.25, 0.3) is 0 Å². The molecule has 1 amide bonds. The fraction of sp³-hybridized carbons (Fsp3) is 0.176. The number of halogens is 2. The van der Waals surface area contributed by atoms with Crippen molar-refractivity contribution in [1.29, 1.82) is 0 Å². The van der Waals surface area contributed by atoms with Gasteiger partial charge in [-0.25, -0.2) is 13.2 Å². The molecular formula is C17H16BrClN2O5S. The Morgan fingerprint density at radius 2 is 1.78 bits per heavy atom. The van der Waals surface area contributed by atoms with E-state index in [1.54, 1.807) is 24.3 Å². The number of nitrogens with one attached hydrogen (secondary N) is 1. The Hall–Kier alpha value is -2.10. The molecule has 2 aromatic rings. The maximum absolute atomic E-state index is 12.5. The van der Waals surface area contributed by atoms with Crippen molar-refractivity contribution in [2.75, 3.05) is 25.4 Å². The fourth-order valence-corrected chi connectivity index (χ4v) is 3.44. The van der Waals surface area contributed by atoms with E-state index in [1.165, 1.54) is 31.1 Å². The van der Waals surface area contributed by atoms with Crippen LogP contribution in [0.4, 0.5) is 5.69 Å². The number of amides is 1. The van der Waals surface area contributed by atoms with Gasteiger partial charge in [0.25, 0.3) is 15.9 Å². The van der Waals surface area contributed by atoms with Crippen molar-refractivity contribution in [1.82, 2.24) is 4.90 Å². The molecule has 2 aromatic carbocycles. The van der Waals surface area contributed by atoms with Gasteiger partial charge in [-0.05, 0) is 42.5 Å². The van der Waals surface area contributed by atoms with E-state index >= 15 is 0 Å². The Balaban J connectivity index is 2.23. The fourth-order valence-electron chi connectivity index (χ4n) is 1.89. The highest BCUT2D eigenvalue weighted by molar-refractivity contribution is 9.10. The second kappa shape index (κ2) is 8.73. The van der Waals surface area contributed by atoms with Crippen molar-refractivity contribution in [2.24, 2.45) is 0 Å². The van der Waals surface area contributed by atoms with E-state index in [-0.39, 0.29) is 15.5 Å². The first-order valence-electron chi connectivity index (χ1n) is 7.55. The van der Waals surface area contributed by atoms with Crippen LogP contribution >= 0.6 is 27.5 Å². The summed E-state index contributed by atoms with van der Waals surface area (Å²) in [6.45, 7) is -0.476. The minimum absolute atomic E-state index is 0.0138. The zero-order valence-electron chi connectivity index (χ0n) is 14.4. The number of hydrogen-bond donors (Lipinski definition) is 1. The molecule has 0 saturated heterocycles. The molecule has 0 fully saturated rings. The monoisotopic (exact) mass is 474 g/mol. The first-order valence-corrected chi connectivity index (χ1v) is 10.2. The lowest BCUT2D eigenvalue weighted by molar-refractivity contribution is -0.131. The van der Waals surface area contributed by atoms with Crippen LogP contribution in [-0.4, -0.2) is 45.9 Å². The van der Waals surface area contributed by atoms with Gasteiger partial charge >= 0.3 is 5.97 Å². The summed E-state index contributed by atoms with van der Waals surface area (Å²) in [5.74, 6) is -1.31. The number of benzene rings is 2. The van der Waals surface area contributed by atoms with Crippen LogP contribution in [0.5, 0.6) is 0 Å². The molecule has 144 valence electrons. The van der Waals surface area contributed by atoms with Crippen LogP contribution in [0.2, 0.25) is 5.02 Å². The maximum Gasteiger partial charge on any atom is 0.340 e. The molecule has 0 radical (unpaired) electrons. The second-order valence-corrected chi connectivity index (χ2v) is 8.62. The van der Waals surface area contributed by atoms with E-state index in [1.807, 2.05) is 0 Å². The third-order valence-corrected chi connectivity index (χ3v) is 5.63. The van der Waals surface area contributed by atoms with Crippen molar-refractivity contribution < 1.29 is 22.7 Å². The second-order valence-electron chi connectivity index (χ2n) is 5.62. The summed E-state index contributed by atoms with van der Waals surface area (Å²) in [7, 11) is -0.915. The molecule has 0 unspecified atom stereocenters. The summed E-state index contributed by atoms with van der Waals surface area (Å²) in [5, 5.41) is 0.0138. The predicted octanol–water partition coefficient (Wildman–Crippen LogP) is 3.15. The van der Waals surface area contributed by atoms with Gasteiger partial charge < -0.3 is 9.64 Å². The van der Waals surface area contributed by atoms with Crippen LogP contribution in [0.15, 0.2) is 51.8 Å². The van der Waals surface area contributed by atoms with Crippen molar-refractivity contribution in [3.63, 3.8) is 0 Å². The summed E-state index contributed by atoms with van der Waals surface area (Å²) >= 11 is 9.25. The number of rotatable bonds is 6. The van der Waals surface area contributed by atoms with Gasteiger partial charge in [0.2, 0.25) is 0 Å². The van der Waals surface area contributed by atoms with Gasteiger partial charge in [-0.3, -0.25) is 9.52 Å². The summed E-state index contributed by atoms with van der Waals surface area (Å²) in [4.78, 5) is 24.8. The summed E-state index contributed by atoms with van der Waals surface area (Å²) in [6.07, 6.45) is 0. The van der Waals surface area contributed by atoms with Crippen molar-refractivity contribution in [3.05, 3.63) is 57.5 Å². The lowest BCUT2D eigenvalue weighted by Crippen LogP contribution is -2.27. The Kier molecular flexibility index (Phi) is 6.85. The standard InChI is InChI=1S/C17H16BrClN2O5S/c1-21(2)16(22)10-26-17(23)14-9-13(7-8-15(14)19)27(24,25)20-12-5-3-11(18)4-6-12/h3-9,20H,10H2,1-2H3. The molecule has 0 atom stereocenters. The minimum Gasteiger partial charge on any atom is -0.452 e. The molecule has 0 aliphatic carbocycles. The number of sulfonamides is 1. The number of ether oxygens (including phenoxy) is 1. The molecule has 0 aliphatic rings. The number of likely N-dealkylation sites (N-methyl/N-ethyl adjacent to an activating group) is 1. The molecule has 0 aliphatic heterocycles. The van der Waals surface area contributed by atoms with E-state index in [4.69, 9.17) is 16.3 Å². The lowest BCUT2D eigenvalue weighted by Gasteiger charge is -2.12. The Bertz CT molecular complexity index is 962. The molecular weight excluding hydrogens is 460 g/mol. The van der Waals surface area contributed by atoms with Gasteiger partial charge in [0, 0.05) is 24.3 Å². The van der Waals surface area contributed by atoms with Crippen molar-refractivity contribution >= 4 is 55.1 Å². The maximum atomic E-state index is 12.5.